The third-order valence-corrected chi connectivity index (χ3v) is 3.22. The molecule has 96 valence electrons. The Kier molecular flexibility index (Phi) is 4.36. The van der Waals surface area contributed by atoms with Crippen molar-refractivity contribution in [3.63, 3.8) is 0 Å². The van der Waals surface area contributed by atoms with E-state index in [0.717, 1.165) is 5.69 Å². The van der Waals surface area contributed by atoms with E-state index in [0.29, 0.717) is 10.7 Å². The van der Waals surface area contributed by atoms with Crippen LogP contribution >= 0.6 is 11.8 Å². The molecule has 0 unspecified atom stereocenters. The molecule has 0 N–H and O–H groups in total. The number of allylic oxidation sites excluding steroid dienone is 2. The Balaban J connectivity index is 2.67. The van der Waals surface area contributed by atoms with Gasteiger partial charge in [-0.3, -0.25) is 9.36 Å². The highest BCUT2D eigenvalue weighted by Crippen LogP contribution is 2.15. The summed E-state index contributed by atoms with van der Waals surface area (Å²) in [6, 6.07) is 9.51. The maximum absolute atomic E-state index is 12.5. The van der Waals surface area contributed by atoms with E-state index in [9.17, 15) is 4.79 Å². The molecule has 0 saturated carbocycles. The number of thioether (sulfide) groups is 1. The van der Waals surface area contributed by atoms with E-state index in [1.54, 1.807) is 29.0 Å². The van der Waals surface area contributed by atoms with Crippen LogP contribution in [0.5, 0.6) is 0 Å². The molecule has 2 rings (SSSR count). The smallest absolute Gasteiger partial charge is 0.265 e. The van der Waals surface area contributed by atoms with Gasteiger partial charge in [0.1, 0.15) is 0 Å². The van der Waals surface area contributed by atoms with Crippen molar-refractivity contribution in [3.8, 4) is 5.69 Å². The minimum atomic E-state index is -0.0800. The number of hydrogen-bond donors (Lipinski definition) is 0. The van der Waals surface area contributed by atoms with E-state index < -0.39 is 0 Å². The molecule has 0 atom stereocenters. The Morgan fingerprint density at radius 2 is 2.05 bits per heavy atom. The van der Waals surface area contributed by atoms with Crippen LogP contribution in [0.2, 0.25) is 0 Å². The first-order valence-electron chi connectivity index (χ1n) is 5.78. The molecule has 3 nitrogen and oxygen atoms in total. The first-order valence-corrected chi connectivity index (χ1v) is 7.01. The van der Waals surface area contributed by atoms with Gasteiger partial charge in [0.05, 0.1) is 11.3 Å². The lowest BCUT2D eigenvalue weighted by Crippen LogP contribution is -2.23. The second kappa shape index (κ2) is 6.20. The molecule has 4 heteroatoms. The van der Waals surface area contributed by atoms with Crippen molar-refractivity contribution in [1.29, 1.82) is 0 Å². The zero-order valence-corrected chi connectivity index (χ0v) is 11.4. The third-order valence-electron chi connectivity index (χ3n) is 2.56. The van der Waals surface area contributed by atoms with Crippen molar-refractivity contribution < 1.29 is 0 Å². The topological polar surface area (TPSA) is 34.9 Å². The average molecular weight is 270 g/mol. The average Bonchev–Trinajstić information content (AvgIpc) is 2.46. The molecular weight excluding hydrogens is 256 g/mol. The van der Waals surface area contributed by atoms with Crippen LogP contribution in [-0.4, -0.2) is 15.8 Å². The summed E-state index contributed by atoms with van der Waals surface area (Å²) >= 11 is 1.44. The fraction of sp³-hybridized carbons (Fsp3) is 0.0667. The largest absolute Gasteiger partial charge is 0.268 e. The number of para-hydroxylation sites is 1. The standard InChI is InChI=1S/C15H14N2OS/c1-3-4-8-12-11-16-15(19-2)17(14(12)18)13-9-6-5-7-10-13/h3-11H,1H2,2H3/b8-4+. The van der Waals surface area contributed by atoms with Crippen molar-refractivity contribution in [2.24, 2.45) is 0 Å². The van der Waals surface area contributed by atoms with Crippen molar-refractivity contribution in [1.82, 2.24) is 9.55 Å². The fourth-order valence-corrected chi connectivity index (χ4v) is 2.22. The Morgan fingerprint density at radius 1 is 1.32 bits per heavy atom. The normalized spacial score (nSPS) is 10.8. The van der Waals surface area contributed by atoms with Gasteiger partial charge in [0, 0.05) is 6.20 Å². The highest BCUT2D eigenvalue weighted by Gasteiger charge is 2.09. The summed E-state index contributed by atoms with van der Waals surface area (Å²) in [5.41, 5.74) is 1.28. The predicted octanol–water partition coefficient (Wildman–Crippen LogP) is 3.15. The van der Waals surface area contributed by atoms with Gasteiger partial charge >= 0.3 is 0 Å². The Labute approximate surface area is 116 Å². The summed E-state index contributed by atoms with van der Waals surface area (Å²) in [5, 5.41) is 0.673. The van der Waals surface area contributed by atoms with E-state index in [1.807, 2.05) is 36.6 Å². The molecule has 0 spiro atoms. The van der Waals surface area contributed by atoms with Gasteiger partial charge < -0.3 is 0 Å². The molecule has 0 aliphatic rings. The van der Waals surface area contributed by atoms with Crippen LogP contribution < -0.4 is 5.56 Å². The molecule has 1 heterocycles. The van der Waals surface area contributed by atoms with Crippen molar-refractivity contribution in [2.75, 3.05) is 6.26 Å². The van der Waals surface area contributed by atoms with Crippen LogP contribution in [0.1, 0.15) is 5.56 Å². The summed E-state index contributed by atoms with van der Waals surface area (Å²) in [5.74, 6) is 0. The molecule has 0 aliphatic heterocycles. The van der Waals surface area contributed by atoms with Gasteiger partial charge in [0.15, 0.2) is 5.16 Å². The molecule has 1 aromatic heterocycles. The monoisotopic (exact) mass is 270 g/mol. The van der Waals surface area contributed by atoms with Gasteiger partial charge in [-0.15, -0.1) is 0 Å². The first kappa shape index (κ1) is 13.4. The fourth-order valence-electron chi connectivity index (χ4n) is 1.69. The third kappa shape index (κ3) is 2.85. The van der Waals surface area contributed by atoms with E-state index in [1.165, 1.54) is 11.8 Å². The Bertz CT molecular complexity index is 660. The number of aromatic nitrogens is 2. The highest BCUT2D eigenvalue weighted by atomic mass is 32.2. The van der Waals surface area contributed by atoms with Crippen LogP contribution in [0.3, 0.4) is 0 Å². The molecule has 1 aromatic carbocycles. The van der Waals surface area contributed by atoms with Gasteiger partial charge in [-0.1, -0.05) is 48.7 Å². The van der Waals surface area contributed by atoms with E-state index in [-0.39, 0.29) is 5.56 Å². The van der Waals surface area contributed by atoms with Crippen LogP contribution in [-0.2, 0) is 0 Å². The summed E-state index contributed by atoms with van der Waals surface area (Å²) in [4.78, 5) is 16.8. The zero-order chi connectivity index (χ0) is 13.7. The van der Waals surface area contributed by atoms with Gasteiger partial charge in [-0.05, 0) is 24.5 Å². The molecule has 0 radical (unpaired) electrons. The van der Waals surface area contributed by atoms with Crippen LogP contribution in [0.25, 0.3) is 11.8 Å². The predicted molar refractivity (Wildman–Crippen MR) is 80.8 cm³/mol. The quantitative estimate of drug-likeness (QED) is 0.486. The second-order valence-electron chi connectivity index (χ2n) is 3.77. The lowest BCUT2D eigenvalue weighted by Gasteiger charge is -2.10. The molecule has 2 aromatic rings. The SMILES string of the molecule is C=C/C=C/c1cnc(SC)n(-c2ccccc2)c1=O. The van der Waals surface area contributed by atoms with E-state index in [4.69, 9.17) is 0 Å². The minimum Gasteiger partial charge on any atom is -0.268 e. The van der Waals surface area contributed by atoms with Crippen LogP contribution in [0.15, 0.2) is 65.2 Å². The van der Waals surface area contributed by atoms with Crippen LogP contribution in [0.4, 0.5) is 0 Å². The maximum Gasteiger partial charge on any atom is 0.265 e. The number of nitrogens with zero attached hydrogens (tertiary/aromatic N) is 2. The van der Waals surface area contributed by atoms with E-state index in [2.05, 4.69) is 11.6 Å². The lowest BCUT2D eigenvalue weighted by molar-refractivity contribution is 0.794. The molecule has 0 bridgehead atoms. The number of benzene rings is 1. The molecule has 0 amide bonds. The zero-order valence-electron chi connectivity index (χ0n) is 10.6. The maximum atomic E-state index is 12.5. The molecule has 19 heavy (non-hydrogen) atoms. The van der Waals surface area contributed by atoms with Crippen molar-refractivity contribution in [2.45, 2.75) is 5.16 Å². The molecule has 0 aliphatic carbocycles. The highest BCUT2D eigenvalue weighted by molar-refractivity contribution is 7.98. The lowest BCUT2D eigenvalue weighted by atomic mass is 10.2. The number of rotatable bonds is 4. The summed E-state index contributed by atoms with van der Waals surface area (Å²) < 4.78 is 1.62. The van der Waals surface area contributed by atoms with Gasteiger partial charge in [0.25, 0.3) is 5.56 Å². The summed E-state index contributed by atoms with van der Waals surface area (Å²) in [6.07, 6.45) is 8.57. The van der Waals surface area contributed by atoms with E-state index >= 15 is 0 Å². The summed E-state index contributed by atoms with van der Waals surface area (Å²) in [7, 11) is 0. The Morgan fingerprint density at radius 3 is 2.68 bits per heavy atom. The first-order chi connectivity index (χ1) is 9.27. The van der Waals surface area contributed by atoms with Gasteiger partial charge in [0.2, 0.25) is 0 Å². The van der Waals surface area contributed by atoms with Crippen molar-refractivity contribution >= 4 is 17.8 Å². The molecular formula is C15H14N2OS. The summed E-state index contributed by atoms with van der Waals surface area (Å²) in [6.45, 7) is 3.60. The van der Waals surface area contributed by atoms with Crippen LogP contribution in [0, 0.1) is 0 Å². The Hall–Kier alpha value is -2.07. The molecule has 0 saturated heterocycles. The van der Waals surface area contributed by atoms with Gasteiger partial charge in [-0.2, -0.15) is 0 Å². The number of hydrogen-bond acceptors (Lipinski definition) is 3. The second-order valence-corrected chi connectivity index (χ2v) is 4.54. The van der Waals surface area contributed by atoms with Gasteiger partial charge in [-0.25, -0.2) is 4.98 Å². The molecule has 0 fully saturated rings. The van der Waals surface area contributed by atoms with Crippen molar-refractivity contribution in [3.05, 3.63) is 71.2 Å². The minimum absolute atomic E-state index is 0.0800.